The van der Waals surface area contributed by atoms with Gasteiger partial charge in [-0.1, -0.05) is 38.1 Å². The number of aromatic hydroxyl groups is 1. The summed E-state index contributed by atoms with van der Waals surface area (Å²) in [7, 11) is 0. The van der Waals surface area contributed by atoms with Crippen LogP contribution >= 0.6 is 0 Å². The van der Waals surface area contributed by atoms with Crippen LogP contribution in [0.25, 0.3) is 11.1 Å². The molecule has 1 aliphatic heterocycles. The molecule has 8 heteroatoms. The Morgan fingerprint density at radius 1 is 0.844 bits per heavy atom. The molecule has 0 spiro atoms. The minimum atomic E-state index is -1.77. The van der Waals surface area contributed by atoms with E-state index in [0.29, 0.717) is 5.75 Å². The second kappa shape index (κ2) is 10.1. The van der Waals surface area contributed by atoms with Crippen LogP contribution in [0.5, 0.6) is 11.5 Å². The van der Waals surface area contributed by atoms with Crippen LogP contribution in [0, 0.1) is 0 Å². The van der Waals surface area contributed by atoms with E-state index >= 15 is 0 Å². The average Bonchev–Trinajstić information content (AvgIpc) is 2.79. The zero-order valence-corrected chi connectivity index (χ0v) is 17.9. The Kier molecular flexibility index (Phi) is 7.52. The van der Waals surface area contributed by atoms with E-state index in [1.807, 2.05) is 24.3 Å². The summed E-state index contributed by atoms with van der Waals surface area (Å²) in [5.41, 5.74) is 4.26. The van der Waals surface area contributed by atoms with Gasteiger partial charge in [-0.15, -0.1) is 0 Å². The van der Waals surface area contributed by atoms with Gasteiger partial charge < -0.3 is 35.0 Å². The molecule has 3 rings (SSSR count). The van der Waals surface area contributed by atoms with Crippen LogP contribution in [0.15, 0.2) is 48.5 Å². The number of benzene rings is 2. The highest BCUT2D eigenvalue weighted by molar-refractivity contribution is 5.90. The summed E-state index contributed by atoms with van der Waals surface area (Å²) in [5, 5.41) is 48.6. The third kappa shape index (κ3) is 4.94. The highest BCUT2D eigenvalue weighted by atomic mass is 16.7. The number of hydrogen-bond donors (Lipinski definition) is 5. The van der Waals surface area contributed by atoms with Gasteiger partial charge in [-0.3, -0.25) is 0 Å². The molecule has 2 aromatic rings. The Morgan fingerprint density at radius 2 is 1.34 bits per heavy atom. The largest absolute Gasteiger partial charge is 0.508 e. The van der Waals surface area contributed by atoms with Crippen molar-refractivity contribution in [1.29, 1.82) is 0 Å². The summed E-state index contributed by atoms with van der Waals surface area (Å²) in [6.07, 6.45) is -6.71. The number of ether oxygens (including phenoxy) is 2. The number of rotatable bonds is 7. The predicted octanol–water partition coefficient (Wildman–Crippen LogP) is 2.39. The van der Waals surface area contributed by atoms with Crippen LogP contribution in [-0.2, 0) is 9.53 Å². The highest BCUT2D eigenvalue weighted by Gasteiger charge is 2.48. The smallest absolute Gasteiger partial charge is 0.335 e. The maximum absolute atomic E-state index is 11.2. The Hall–Kier alpha value is -2.91. The van der Waals surface area contributed by atoms with Crippen molar-refractivity contribution in [3.05, 3.63) is 59.7 Å². The van der Waals surface area contributed by atoms with Crippen molar-refractivity contribution in [3.63, 3.8) is 0 Å². The van der Waals surface area contributed by atoms with Crippen LogP contribution in [-0.4, -0.2) is 62.2 Å². The molecule has 2 aromatic carbocycles. The van der Waals surface area contributed by atoms with Gasteiger partial charge in [-0.25, -0.2) is 4.79 Å². The van der Waals surface area contributed by atoms with E-state index in [1.54, 1.807) is 24.3 Å². The van der Waals surface area contributed by atoms with E-state index in [9.17, 15) is 25.2 Å². The number of aliphatic hydroxyl groups excluding tert-OH is 3. The maximum Gasteiger partial charge on any atom is 0.335 e. The van der Waals surface area contributed by atoms with Crippen molar-refractivity contribution in [2.24, 2.45) is 0 Å². The van der Waals surface area contributed by atoms with E-state index in [-0.39, 0.29) is 5.75 Å². The lowest BCUT2D eigenvalue weighted by Gasteiger charge is -2.38. The number of carbonyl (C=O) groups is 1. The minimum Gasteiger partial charge on any atom is -0.508 e. The fourth-order valence-electron chi connectivity index (χ4n) is 3.86. The molecule has 5 atom stereocenters. The molecule has 172 valence electrons. The Balaban J connectivity index is 1.83. The Morgan fingerprint density at radius 3 is 1.81 bits per heavy atom. The Labute approximate surface area is 186 Å². The number of phenolic OH excluding ortho intramolecular Hbond substituents is 1. The maximum atomic E-state index is 11.2. The Bertz CT molecular complexity index is 951. The first kappa shape index (κ1) is 23.7. The number of allylic oxidation sites excluding steroid dienone is 2. The van der Waals surface area contributed by atoms with Crippen molar-refractivity contribution < 1.29 is 39.8 Å². The van der Waals surface area contributed by atoms with Crippen molar-refractivity contribution in [2.75, 3.05) is 0 Å². The predicted molar refractivity (Wildman–Crippen MR) is 117 cm³/mol. The lowest BCUT2D eigenvalue weighted by atomic mass is 9.91. The van der Waals surface area contributed by atoms with Gasteiger partial charge >= 0.3 is 5.97 Å². The summed E-state index contributed by atoms with van der Waals surface area (Å²) in [6, 6.07) is 14.1. The average molecular weight is 444 g/mol. The number of aliphatic hydroxyl groups is 3. The molecular formula is C24H28O8. The van der Waals surface area contributed by atoms with E-state index < -0.39 is 36.7 Å². The normalized spacial score (nSPS) is 26.3. The van der Waals surface area contributed by atoms with Gasteiger partial charge in [0.05, 0.1) is 0 Å². The molecule has 1 saturated heterocycles. The standard InChI is InChI=1S/C24H28O8/c1-3-17(13-5-9-15(25)10-6-13)18(4-2)14-7-11-16(12-8-14)31-24-21(28)19(26)20(27)22(32-24)23(29)30/h5-12,19-22,24-28H,3-4H2,1-2H3,(H,29,30)/b18-17+/t19-,20-,21+,22-,24?/m0/s1. The lowest BCUT2D eigenvalue weighted by Crippen LogP contribution is -2.61. The second-order valence-corrected chi connectivity index (χ2v) is 7.59. The second-order valence-electron chi connectivity index (χ2n) is 7.59. The quantitative estimate of drug-likeness (QED) is 0.411. The number of phenols is 1. The molecule has 0 saturated carbocycles. The third-order valence-electron chi connectivity index (χ3n) is 5.56. The molecule has 32 heavy (non-hydrogen) atoms. The third-order valence-corrected chi connectivity index (χ3v) is 5.56. The zero-order chi connectivity index (χ0) is 23.4. The molecule has 0 aliphatic carbocycles. The van der Waals surface area contributed by atoms with E-state index in [0.717, 1.165) is 35.1 Å². The molecule has 8 nitrogen and oxygen atoms in total. The van der Waals surface area contributed by atoms with E-state index in [1.165, 1.54) is 0 Å². The minimum absolute atomic E-state index is 0.207. The number of carboxylic acid groups (broad SMARTS) is 1. The molecule has 1 aliphatic rings. The molecule has 0 aromatic heterocycles. The van der Waals surface area contributed by atoms with Gasteiger partial charge in [0.15, 0.2) is 6.10 Å². The van der Waals surface area contributed by atoms with Gasteiger partial charge in [0, 0.05) is 0 Å². The van der Waals surface area contributed by atoms with E-state index in [4.69, 9.17) is 14.6 Å². The number of carboxylic acids is 1. The first-order valence-electron chi connectivity index (χ1n) is 10.5. The topological polar surface area (TPSA) is 137 Å². The van der Waals surface area contributed by atoms with Crippen LogP contribution in [0.2, 0.25) is 0 Å². The van der Waals surface area contributed by atoms with Crippen LogP contribution in [0.3, 0.4) is 0 Å². The van der Waals surface area contributed by atoms with Gasteiger partial charge in [-0.05, 0) is 59.4 Å². The molecule has 0 radical (unpaired) electrons. The van der Waals surface area contributed by atoms with Crippen LogP contribution < -0.4 is 4.74 Å². The first-order chi connectivity index (χ1) is 15.3. The molecule has 0 bridgehead atoms. The number of aliphatic carboxylic acids is 1. The summed E-state index contributed by atoms with van der Waals surface area (Å²) in [6.45, 7) is 4.12. The summed E-state index contributed by atoms with van der Waals surface area (Å²) in [5.74, 6) is -0.950. The van der Waals surface area contributed by atoms with Crippen molar-refractivity contribution in [3.8, 4) is 11.5 Å². The van der Waals surface area contributed by atoms with Gasteiger partial charge in [0.2, 0.25) is 6.29 Å². The molecule has 1 heterocycles. The fraction of sp³-hybridized carbons (Fsp3) is 0.375. The molecule has 1 fully saturated rings. The van der Waals surface area contributed by atoms with Crippen molar-refractivity contribution in [1.82, 2.24) is 0 Å². The van der Waals surface area contributed by atoms with Crippen LogP contribution in [0.4, 0.5) is 0 Å². The lowest BCUT2D eigenvalue weighted by molar-refractivity contribution is -0.271. The first-order valence-corrected chi connectivity index (χ1v) is 10.5. The number of hydrogen-bond acceptors (Lipinski definition) is 7. The summed E-state index contributed by atoms with van der Waals surface area (Å²) < 4.78 is 10.7. The summed E-state index contributed by atoms with van der Waals surface area (Å²) in [4.78, 5) is 11.2. The molecule has 5 N–H and O–H groups in total. The van der Waals surface area contributed by atoms with Gasteiger partial charge in [-0.2, -0.15) is 0 Å². The zero-order valence-electron chi connectivity index (χ0n) is 17.9. The highest BCUT2D eigenvalue weighted by Crippen LogP contribution is 2.33. The van der Waals surface area contributed by atoms with Crippen molar-refractivity contribution >= 4 is 17.1 Å². The van der Waals surface area contributed by atoms with Crippen molar-refractivity contribution in [2.45, 2.75) is 57.4 Å². The fourth-order valence-corrected chi connectivity index (χ4v) is 3.86. The SMILES string of the molecule is CC/C(=C(/CC)c1ccc(OC2O[C@H](C(=O)O)[C@@H](O)[C@H](O)[C@H]2O)cc1)c1ccc(O)cc1. The molecule has 0 amide bonds. The monoisotopic (exact) mass is 444 g/mol. The molecule has 1 unspecified atom stereocenters. The molecular weight excluding hydrogens is 416 g/mol. The van der Waals surface area contributed by atoms with Gasteiger partial charge in [0.1, 0.15) is 29.8 Å². The summed E-state index contributed by atoms with van der Waals surface area (Å²) >= 11 is 0. The van der Waals surface area contributed by atoms with E-state index in [2.05, 4.69) is 13.8 Å². The van der Waals surface area contributed by atoms with Crippen LogP contribution in [0.1, 0.15) is 37.8 Å². The van der Waals surface area contributed by atoms with Gasteiger partial charge in [0.25, 0.3) is 0 Å².